The number of fused-ring (bicyclic) bond motifs is 1. The van der Waals surface area contributed by atoms with Gasteiger partial charge in [0.05, 0.1) is 10.6 Å². The first kappa shape index (κ1) is 13.9. The van der Waals surface area contributed by atoms with Crippen LogP contribution in [0.1, 0.15) is 5.56 Å². The third kappa shape index (κ3) is 2.69. The van der Waals surface area contributed by atoms with Gasteiger partial charge < -0.3 is 15.2 Å². The first-order chi connectivity index (χ1) is 10.5. The van der Waals surface area contributed by atoms with Gasteiger partial charge in [-0.2, -0.15) is 0 Å². The van der Waals surface area contributed by atoms with Crippen molar-refractivity contribution in [3.8, 4) is 11.5 Å². The number of aromatic hydroxyl groups is 1. The van der Waals surface area contributed by atoms with Crippen LogP contribution < -0.4 is 10.1 Å². The van der Waals surface area contributed by atoms with Gasteiger partial charge in [-0.05, 0) is 17.7 Å². The van der Waals surface area contributed by atoms with Crippen LogP contribution in [0.3, 0.4) is 0 Å². The zero-order chi connectivity index (χ0) is 15.7. The van der Waals surface area contributed by atoms with Gasteiger partial charge in [-0.25, -0.2) is 0 Å². The van der Waals surface area contributed by atoms with E-state index in [1.807, 2.05) is 0 Å². The number of carbonyl (C=O) groups excluding carboxylic acids is 1. The molecule has 2 N–H and O–H groups in total. The van der Waals surface area contributed by atoms with Crippen LogP contribution in [0.2, 0.25) is 0 Å². The third-order valence-corrected chi connectivity index (χ3v) is 3.33. The highest BCUT2D eigenvalue weighted by Crippen LogP contribution is 2.33. The Morgan fingerprint density at radius 2 is 2.09 bits per heavy atom. The predicted molar refractivity (Wildman–Crippen MR) is 78.0 cm³/mol. The number of amides is 1. The molecule has 1 aliphatic rings. The van der Waals surface area contributed by atoms with Gasteiger partial charge in [-0.1, -0.05) is 12.1 Å². The molecule has 1 unspecified atom stereocenters. The minimum Gasteiger partial charge on any atom is -0.508 e. The quantitative estimate of drug-likeness (QED) is 0.514. The maximum absolute atomic E-state index is 12.0. The van der Waals surface area contributed by atoms with E-state index in [0.29, 0.717) is 17.0 Å². The molecule has 0 fully saturated rings. The van der Waals surface area contributed by atoms with Crippen molar-refractivity contribution in [3.63, 3.8) is 0 Å². The molecule has 1 atom stereocenters. The van der Waals surface area contributed by atoms with Crippen LogP contribution in [-0.2, 0) is 11.2 Å². The number of benzene rings is 2. The monoisotopic (exact) mass is 300 g/mol. The fourth-order valence-corrected chi connectivity index (χ4v) is 2.28. The van der Waals surface area contributed by atoms with E-state index in [1.54, 1.807) is 18.2 Å². The van der Waals surface area contributed by atoms with Crippen molar-refractivity contribution in [1.82, 2.24) is 0 Å². The van der Waals surface area contributed by atoms with Crippen LogP contribution in [0.5, 0.6) is 11.5 Å². The number of hydrogen-bond donors (Lipinski definition) is 2. The molecule has 112 valence electrons. The largest absolute Gasteiger partial charge is 0.508 e. The summed E-state index contributed by atoms with van der Waals surface area (Å²) in [6.45, 7) is 0. The van der Waals surface area contributed by atoms with E-state index in [2.05, 4.69) is 5.32 Å². The zero-order valence-corrected chi connectivity index (χ0v) is 11.4. The number of carbonyl (C=O) groups is 1. The molecule has 2 aromatic rings. The predicted octanol–water partition coefficient (Wildman–Crippen LogP) is 2.24. The number of nitro benzene ring substituents is 1. The Bertz CT molecular complexity index is 759. The summed E-state index contributed by atoms with van der Waals surface area (Å²) in [4.78, 5) is 22.3. The zero-order valence-electron chi connectivity index (χ0n) is 11.4. The molecule has 0 saturated carbocycles. The number of hydrogen-bond acceptors (Lipinski definition) is 5. The van der Waals surface area contributed by atoms with Crippen molar-refractivity contribution in [2.24, 2.45) is 0 Å². The number of nitrogens with one attached hydrogen (secondary N) is 1. The molecule has 1 amide bonds. The topological polar surface area (TPSA) is 102 Å². The standard InChI is InChI=1S/C15H12N2O5/c18-11-4-5-12-13(8-11)22-14(15(19)16-12)7-9-2-1-3-10(6-9)17(20)21/h1-6,8,14,18H,7H2,(H,16,19). The molecule has 7 heteroatoms. The number of non-ortho nitro benzene ring substituents is 1. The van der Waals surface area contributed by atoms with Crippen molar-refractivity contribution < 1.29 is 19.6 Å². The van der Waals surface area contributed by atoms with Gasteiger partial charge in [0.15, 0.2) is 6.10 Å². The molecule has 0 aliphatic carbocycles. The molecular formula is C15H12N2O5. The molecule has 22 heavy (non-hydrogen) atoms. The van der Waals surface area contributed by atoms with Crippen LogP contribution >= 0.6 is 0 Å². The van der Waals surface area contributed by atoms with E-state index in [1.165, 1.54) is 24.3 Å². The third-order valence-electron chi connectivity index (χ3n) is 3.33. The lowest BCUT2D eigenvalue weighted by Crippen LogP contribution is -2.38. The highest BCUT2D eigenvalue weighted by atomic mass is 16.6. The SMILES string of the molecule is O=C1Nc2ccc(O)cc2OC1Cc1cccc([N+](=O)[O-])c1. The fourth-order valence-electron chi connectivity index (χ4n) is 2.28. The van der Waals surface area contributed by atoms with Crippen LogP contribution in [0.15, 0.2) is 42.5 Å². The van der Waals surface area contributed by atoms with Crippen molar-refractivity contribution in [2.75, 3.05) is 5.32 Å². The molecule has 0 saturated heterocycles. The Labute approximate surface area is 125 Å². The number of phenols is 1. The minimum atomic E-state index is -0.809. The number of phenolic OH excluding ortho intramolecular Hbond substituents is 1. The van der Waals surface area contributed by atoms with E-state index >= 15 is 0 Å². The average Bonchev–Trinajstić information content (AvgIpc) is 2.49. The molecule has 2 aromatic carbocycles. The second-order valence-corrected chi connectivity index (χ2v) is 4.91. The Morgan fingerprint density at radius 3 is 2.86 bits per heavy atom. The molecule has 0 bridgehead atoms. The summed E-state index contributed by atoms with van der Waals surface area (Å²) in [7, 11) is 0. The second kappa shape index (κ2) is 5.36. The van der Waals surface area contributed by atoms with Gasteiger partial charge in [0, 0.05) is 24.6 Å². The van der Waals surface area contributed by atoms with E-state index < -0.39 is 11.0 Å². The highest BCUT2D eigenvalue weighted by molar-refractivity contribution is 5.98. The molecule has 0 spiro atoms. The van der Waals surface area contributed by atoms with Crippen LogP contribution in [-0.4, -0.2) is 22.0 Å². The molecule has 0 radical (unpaired) electrons. The van der Waals surface area contributed by atoms with E-state index in [4.69, 9.17) is 4.74 Å². The first-order valence-electron chi connectivity index (χ1n) is 6.57. The average molecular weight is 300 g/mol. The fraction of sp³-hybridized carbons (Fsp3) is 0.133. The number of ether oxygens (including phenoxy) is 1. The van der Waals surface area contributed by atoms with Crippen molar-refractivity contribution in [2.45, 2.75) is 12.5 Å². The molecular weight excluding hydrogens is 288 g/mol. The van der Waals surface area contributed by atoms with Gasteiger partial charge in [0.25, 0.3) is 11.6 Å². The lowest BCUT2D eigenvalue weighted by atomic mass is 10.1. The molecule has 1 aliphatic heterocycles. The summed E-state index contributed by atoms with van der Waals surface area (Å²) in [5.74, 6) is 0.0729. The molecule has 3 rings (SSSR count). The number of nitrogens with zero attached hydrogens (tertiary/aromatic N) is 1. The Balaban J connectivity index is 1.82. The summed E-state index contributed by atoms with van der Waals surface area (Å²) in [5, 5.41) is 22.9. The summed E-state index contributed by atoms with van der Waals surface area (Å²) < 4.78 is 5.59. The summed E-state index contributed by atoms with van der Waals surface area (Å²) in [6.07, 6.45) is -0.612. The van der Waals surface area contributed by atoms with E-state index in [9.17, 15) is 20.0 Å². The van der Waals surface area contributed by atoms with Gasteiger partial charge in [0.2, 0.25) is 0 Å². The number of anilines is 1. The van der Waals surface area contributed by atoms with E-state index in [-0.39, 0.29) is 23.8 Å². The van der Waals surface area contributed by atoms with Gasteiger partial charge in [-0.3, -0.25) is 14.9 Å². The van der Waals surface area contributed by atoms with Gasteiger partial charge >= 0.3 is 0 Å². The Morgan fingerprint density at radius 1 is 1.27 bits per heavy atom. The van der Waals surface area contributed by atoms with Crippen LogP contribution in [0, 0.1) is 10.1 Å². The summed E-state index contributed by atoms with van der Waals surface area (Å²) >= 11 is 0. The Hall–Kier alpha value is -3.09. The van der Waals surface area contributed by atoms with Crippen molar-refractivity contribution in [1.29, 1.82) is 0 Å². The first-order valence-corrected chi connectivity index (χ1v) is 6.57. The highest BCUT2D eigenvalue weighted by Gasteiger charge is 2.28. The lowest BCUT2D eigenvalue weighted by molar-refractivity contribution is -0.384. The molecule has 0 aromatic heterocycles. The maximum atomic E-state index is 12.0. The normalized spacial score (nSPS) is 16.4. The van der Waals surface area contributed by atoms with Crippen molar-refractivity contribution in [3.05, 3.63) is 58.1 Å². The maximum Gasteiger partial charge on any atom is 0.269 e. The number of nitro groups is 1. The van der Waals surface area contributed by atoms with Gasteiger partial charge in [0.1, 0.15) is 11.5 Å². The number of rotatable bonds is 3. The second-order valence-electron chi connectivity index (χ2n) is 4.91. The Kier molecular flexibility index (Phi) is 3.38. The summed E-state index contributed by atoms with van der Waals surface area (Å²) in [6, 6.07) is 10.5. The minimum absolute atomic E-state index is 0.0315. The smallest absolute Gasteiger partial charge is 0.269 e. The molecule has 1 heterocycles. The van der Waals surface area contributed by atoms with E-state index in [0.717, 1.165) is 0 Å². The lowest BCUT2D eigenvalue weighted by Gasteiger charge is -2.25. The van der Waals surface area contributed by atoms with Crippen molar-refractivity contribution >= 4 is 17.3 Å². The summed E-state index contributed by atoms with van der Waals surface area (Å²) in [5.41, 5.74) is 1.07. The van der Waals surface area contributed by atoms with Gasteiger partial charge in [-0.15, -0.1) is 0 Å². The van der Waals surface area contributed by atoms with Crippen LogP contribution in [0.25, 0.3) is 0 Å². The molecule has 7 nitrogen and oxygen atoms in total. The van der Waals surface area contributed by atoms with Crippen LogP contribution in [0.4, 0.5) is 11.4 Å².